The number of alkyl halides is 3. The predicted octanol–water partition coefficient (Wildman–Crippen LogP) is 3.88. The molecule has 1 saturated heterocycles. The van der Waals surface area contributed by atoms with E-state index in [0.717, 1.165) is 43.8 Å². The molecule has 1 atom stereocenters. The van der Waals surface area contributed by atoms with Gasteiger partial charge in [-0.25, -0.2) is 4.52 Å². The molecule has 0 aromatic carbocycles. The second kappa shape index (κ2) is 6.15. The van der Waals surface area contributed by atoms with Crippen LogP contribution in [0.5, 0.6) is 0 Å². The molecule has 4 heterocycles. The van der Waals surface area contributed by atoms with Crippen molar-refractivity contribution in [1.82, 2.24) is 19.9 Å². The Kier molecular flexibility index (Phi) is 3.95. The molecule has 0 spiro atoms. The highest BCUT2D eigenvalue weighted by Crippen LogP contribution is 2.32. The van der Waals surface area contributed by atoms with Crippen LogP contribution in [0.25, 0.3) is 16.8 Å². The standard InChI is InChI=1S/C18H17F3N4/c19-18(20,21)13-6-8-25-17(9-13)14(11-23-25)16-5-1-4-15(24-16)12-3-2-7-22-10-12/h1,4-6,8-9,11-12,22H,2-3,7,10H2. The quantitative estimate of drug-likeness (QED) is 0.766. The van der Waals surface area contributed by atoms with E-state index in [1.165, 1.54) is 10.7 Å². The highest BCUT2D eigenvalue weighted by molar-refractivity contribution is 5.78. The zero-order valence-corrected chi connectivity index (χ0v) is 13.4. The van der Waals surface area contributed by atoms with Crippen LogP contribution in [0, 0.1) is 0 Å². The predicted molar refractivity (Wildman–Crippen MR) is 88.3 cm³/mol. The first-order valence-corrected chi connectivity index (χ1v) is 8.25. The molecule has 7 heteroatoms. The summed E-state index contributed by atoms with van der Waals surface area (Å²) < 4.78 is 40.5. The SMILES string of the molecule is FC(F)(F)c1ccn2ncc(-c3cccc(C4CCCNC4)n3)c2c1. The van der Waals surface area contributed by atoms with Crippen molar-refractivity contribution in [2.75, 3.05) is 13.1 Å². The molecule has 4 nitrogen and oxygen atoms in total. The molecule has 0 aliphatic carbocycles. The van der Waals surface area contributed by atoms with Gasteiger partial charge in [0.05, 0.1) is 23.0 Å². The third-order valence-corrected chi connectivity index (χ3v) is 4.61. The van der Waals surface area contributed by atoms with Crippen LogP contribution >= 0.6 is 0 Å². The lowest BCUT2D eigenvalue weighted by Crippen LogP contribution is -2.28. The average molecular weight is 346 g/mol. The lowest BCUT2D eigenvalue weighted by atomic mass is 9.95. The lowest BCUT2D eigenvalue weighted by Gasteiger charge is -2.22. The molecule has 3 aromatic rings. The Bertz CT molecular complexity index is 895. The van der Waals surface area contributed by atoms with Gasteiger partial charge in [-0.1, -0.05) is 6.07 Å². The molecule has 0 bridgehead atoms. The van der Waals surface area contributed by atoms with Crippen molar-refractivity contribution in [3.8, 4) is 11.3 Å². The molecule has 1 N–H and O–H groups in total. The smallest absolute Gasteiger partial charge is 0.316 e. The number of nitrogens with one attached hydrogen (secondary N) is 1. The van der Waals surface area contributed by atoms with Crippen LogP contribution in [0.3, 0.4) is 0 Å². The molecule has 4 rings (SSSR count). The van der Waals surface area contributed by atoms with Gasteiger partial charge in [0.15, 0.2) is 0 Å². The molecule has 3 aromatic heterocycles. The number of hydrogen-bond donors (Lipinski definition) is 1. The van der Waals surface area contributed by atoms with E-state index >= 15 is 0 Å². The summed E-state index contributed by atoms with van der Waals surface area (Å²) in [6, 6.07) is 7.86. The Hall–Kier alpha value is -2.41. The van der Waals surface area contributed by atoms with Crippen molar-refractivity contribution in [1.29, 1.82) is 0 Å². The van der Waals surface area contributed by atoms with Crippen molar-refractivity contribution in [3.05, 3.63) is 54.0 Å². The summed E-state index contributed by atoms with van der Waals surface area (Å²) in [6.07, 6.45) is 0.683. The third kappa shape index (κ3) is 3.11. The van der Waals surface area contributed by atoms with Crippen LogP contribution in [0.1, 0.15) is 30.0 Å². The van der Waals surface area contributed by atoms with Crippen LogP contribution in [0.2, 0.25) is 0 Å². The first-order valence-electron chi connectivity index (χ1n) is 8.25. The number of pyridine rings is 2. The van der Waals surface area contributed by atoms with E-state index in [1.54, 1.807) is 6.20 Å². The Morgan fingerprint density at radius 3 is 2.84 bits per heavy atom. The number of hydrogen-bond acceptors (Lipinski definition) is 3. The van der Waals surface area contributed by atoms with Crippen molar-refractivity contribution < 1.29 is 13.2 Å². The fourth-order valence-electron chi connectivity index (χ4n) is 3.29. The van der Waals surface area contributed by atoms with Gasteiger partial charge < -0.3 is 5.32 Å². The second-order valence-corrected chi connectivity index (χ2v) is 6.29. The minimum atomic E-state index is -4.38. The van der Waals surface area contributed by atoms with E-state index in [0.29, 0.717) is 22.7 Å². The summed E-state index contributed by atoms with van der Waals surface area (Å²) in [4.78, 5) is 4.71. The Labute approximate surface area is 142 Å². The summed E-state index contributed by atoms with van der Waals surface area (Å²) in [5.74, 6) is 0.335. The number of piperidine rings is 1. The van der Waals surface area contributed by atoms with Crippen molar-refractivity contribution in [2.24, 2.45) is 0 Å². The Balaban J connectivity index is 1.76. The van der Waals surface area contributed by atoms with Gasteiger partial charge in [-0.3, -0.25) is 4.98 Å². The fourth-order valence-corrected chi connectivity index (χ4v) is 3.29. The molecule has 1 unspecified atom stereocenters. The largest absolute Gasteiger partial charge is 0.416 e. The number of aromatic nitrogens is 3. The van der Waals surface area contributed by atoms with Gasteiger partial charge in [-0.15, -0.1) is 0 Å². The number of fused-ring (bicyclic) bond motifs is 1. The van der Waals surface area contributed by atoms with Crippen molar-refractivity contribution in [2.45, 2.75) is 24.9 Å². The molecule has 0 radical (unpaired) electrons. The number of nitrogens with zero attached hydrogens (tertiary/aromatic N) is 3. The van der Waals surface area contributed by atoms with Crippen LogP contribution in [-0.4, -0.2) is 27.7 Å². The van der Waals surface area contributed by atoms with Gasteiger partial charge in [0.1, 0.15) is 0 Å². The summed E-state index contributed by atoms with van der Waals surface area (Å²) in [7, 11) is 0. The molecule has 1 aliphatic heterocycles. The summed E-state index contributed by atoms with van der Waals surface area (Å²) >= 11 is 0. The van der Waals surface area contributed by atoms with E-state index in [-0.39, 0.29) is 0 Å². The first kappa shape index (κ1) is 16.1. The van der Waals surface area contributed by atoms with Gasteiger partial charge in [0, 0.05) is 29.9 Å². The molecule has 0 amide bonds. The molecule has 0 saturated carbocycles. The molecular formula is C18H17F3N4. The minimum absolute atomic E-state index is 0.335. The van der Waals surface area contributed by atoms with Gasteiger partial charge >= 0.3 is 6.18 Å². The van der Waals surface area contributed by atoms with E-state index < -0.39 is 11.7 Å². The molecule has 1 fully saturated rings. The van der Waals surface area contributed by atoms with Gasteiger partial charge in [-0.05, 0) is 43.7 Å². The molecule has 1 aliphatic rings. The first-order chi connectivity index (χ1) is 12.0. The zero-order valence-electron chi connectivity index (χ0n) is 13.4. The second-order valence-electron chi connectivity index (χ2n) is 6.29. The molecule has 130 valence electrons. The van der Waals surface area contributed by atoms with Crippen LogP contribution in [0.4, 0.5) is 13.2 Å². The van der Waals surface area contributed by atoms with Gasteiger partial charge in [0.25, 0.3) is 0 Å². The van der Waals surface area contributed by atoms with E-state index in [2.05, 4.69) is 10.4 Å². The maximum absolute atomic E-state index is 13.0. The van der Waals surface area contributed by atoms with E-state index in [1.807, 2.05) is 18.2 Å². The third-order valence-electron chi connectivity index (χ3n) is 4.61. The highest BCUT2D eigenvalue weighted by atomic mass is 19.4. The maximum atomic E-state index is 13.0. The highest BCUT2D eigenvalue weighted by Gasteiger charge is 2.31. The lowest BCUT2D eigenvalue weighted by molar-refractivity contribution is -0.137. The fraction of sp³-hybridized carbons (Fsp3) is 0.333. The van der Waals surface area contributed by atoms with Crippen LogP contribution in [0.15, 0.2) is 42.7 Å². The number of halogens is 3. The minimum Gasteiger partial charge on any atom is -0.316 e. The van der Waals surface area contributed by atoms with Gasteiger partial charge in [-0.2, -0.15) is 18.3 Å². The van der Waals surface area contributed by atoms with Crippen LogP contribution in [-0.2, 0) is 6.18 Å². The molecule has 25 heavy (non-hydrogen) atoms. The normalized spacial score (nSPS) is 18.6. The number of rotatable bonds is 2. The summed E-state index contributed by atoms with van der Waals surface area (Å²) in [5, 5.41) is 7.52. The van der Waals surface area contributed by atoms with E-state index in [9.17, 15) is 13.2 Å². The monoisotopic (exact) mass is 346 g/mol. The van der Waals surface area contributed by atoms with Crippen LogP contribution < -0.4 is 5.32 Å². The van der Waals surface area contributed by atoms with Gasteiger partial charge in [0.2, 0.25) is 0 Å². The summed E-state index contributed by atoms with van der Waals surface area (Å²) in [6.45, 7) is 1.90. The van der Waals surface area contributed by atoms with Crippen molar-refractivity contribution in [3.63, 3.8) is 0 Å². The maximum Gasteiger partial charge on any atom is 0.416 e. The average Bonchev–Trinajstić information content (AvgIpc) is 3.05. The molecular weight excluding hydrogens is 329 g/mol. The topological polar surface area (TPSA) is 42.2 Å². The van der Waals surface area contributed by atoms with Crippen molar-refractivity contribution >= 4 is 5.52 Å². The van der Waals surface area contributed by atoms with E-state index in [4.69, 9.17) is 4.98 Å². The summed E-state index contributed by atoms with van der Waals surface area (Å²) in [5.41, 5.74) is 1.95. The zero-order chi connectivity index (χ0) is 17.4. The Morgan fingerprint density at radius 1 is 1.20 bits per heavy atom. The Morgan fingerprint density at radius 2 is 2.08 bits per heavy atom.